The van der Waals surface area contributed by atoms with Crippen molar-refractivity contribution in [3.63, 3.8) is 0 Å². The zero-order valence-corrected chi connectivity index (χ0v) is 24.2. The quantitative estimate of drug-likeness (QED) is 0.295. The Morgan fingerprint density at radius 3 is 2.48 bits per heavy atom. The van der Waals surface area contributed by atoms with Crippen LogP contribution in [0.1, 0.15) is 41.7 Å². The van der Waals surface area contributed by atoms with Crippen LogP contribution in [-0.2, 0) is 14.6 Å². The lowest BCUT2D eigenvalue weighted by atomic mass is 10.0. The van der Waals surface area contributed by atoms with Crippen LogP contribution in [0.4, 0.5) is 14.5 Å². The van der Waals surface area contributed by atoms with Gasteiger partial charge in [-0.1, -0.05) is 30.7 Å². The standard InChI is InChI=1S/C29H29ClF2N4O5S/c1-2-42(38,39)25-10-5-19(6-11-25)26(13-14-33)35-28(37)20-3-8-22(9-4-20)36-17-24(15-23(36)18-40-29(31)32)41-27-12-7-21(30)16-34-27/h3-12,16,23-24,26,29H,2,13,15,17-18H2,1H3,(H,35,37)/t23-,24-,26-/m0/s1. The summed E-state index contributed by atoms with van der Waals surface area (Å²) in [5, 5.41) is 12.6. The Morgan fingerprint density at radius 2 is 1.88 bits per heavy atom. The predicted molar refractivity (Wildman–Crippen MR) is 152 cm³/mol. The summed E-state index contributed by atoms with van der Waals surface area (Å²) < 4.78 is 60.4. The molecule has 0 aliphatic carbocycles. The SMILES string of the molecule is CCS(=O)(=O)c1ccc([C@H](CC#N)NC(=O)c2ccc(N3C[C@@H](Oc4ccc(Cl)cn4)C[C@H]3COC(F)F)cc2)cc1. The van der Waals surface area contributed by atoms with Gasteiger partial charge in [0.05, 0.1) is 53.4 Å². The number of benzene rings is 2. The first kappa shape index (κ1) is 31.2. The summed E-state index contributed by atoms with van der Waals surface area (Å²) in [5.74, 6) is -0.104. The van der Waals surface area contributed by atoms with Crippen LogP contribution in [0, 0.1) is 11.3 Å². The van der Waals surface area contributed by atoms with E-state index in [-0.39, 0.29) is 29.8 Å². The molecule has 0 radical (unpaired) electrons. The van der Waals surface area contributed by atoms with Gasteiger partial charge in [-0.2, -0.15) is 14.0 Å². The van der Waals surface area contributed by atoms with Gasteiger partial charge in [-0.25, -0.2) is 13.4 Å². The maximum absolute atomic E-state index is 13.1. The molecule has 2 heterocycles. The first-order valence-electron chi connectivity index (χ1n) is 13.1. The van der Waals surface area contributed by atoms with Crippen LogP contribution < -0.4 is 15.0 Å². The number of carbonyl (C=O) groups is 1. The monoisotopic (exact) mass is 618 g/mol. The Morgan fingerprint density at radius 1 is 1.17 bits per heavy atom. The average molecular weight is 619 g/mol. The van der Waals surface area contributed by atoms with Crippen LogP contribution in [0.5, 0.6) is 5.88 Å². The van der Waals surface area contributed by atoms with E-state index in [2.05, 4.69) is 15.0 Å². The molecule has 1 aromatic heterocycles. The summed E-state index contributed by atoms with van der Waals surface area (Å²) in [4.78, 5) is 19.2. The van der Waals surface area contributed by atoms with Gasteiger partial charge in [0, 0.05) is 29.9 Å². The number of carbonyl (C=O) groups excluding carboxylic acids is 1. The van der Waals surface area contributed by atoms with E-state index in [4.69, 9.17) is 16.3 Å². The number of ether oxygens (including phenoxy) is 2. The summed E-state index contributed by atoms with van der Waals surface area (Å²) in [6.45, 7) is -1.20. The fourth-order valence-electron chi connectivity index (χ4n) is 4.68. The van der Waals surface area contributed by atoms with E-state index in [1.54, 1.807) is 55.5 Å². The lowest BCUT2D eigenvalue weighted by Crippen LogP contribution is -2.34. The Labute approximate surface area is 247 Å². The minimum atomic E-state index is -3.38. The number of hydrogen-bond donors (Lipinski definition) is 1. The molecule has 1 N–H and O–H groups in total. The molecule has 9 nitrogen and oxygen atoms in total. The Kier molecular flexibility index (Phi) is 10.3. The smallest absolute Gasteiger partial charge is 0.345 e. The van der Waals surface area contributed by atoms with Crippen LogP contribution >= 0.6 is 11.6 Å². The molecule has 0 bridgehead atoms. The van der Waals surface area contributed by atoms with Crippen LogP contribution in [0.25, 0.3) is 0 Å². The Balaban J connectivity index is 1.46. The van der Waals surface area contributed by atoms with Crippen LogP contribution in [-0.4, -0.2) is 57.0 Å². The van der Waals surface area contributed by atoms with Crippen LogP contribution in [0.2, 0.25) is 5.02 Å². The highest BCUT2D eigenvalue weighted by Gasteiger charge is 2.35. The summed E-state index contributed by atoms with van der Waals surface area (Å²) in [6, 6.07) is 17.0. The van der Waals surface area contributed by atoms with Crippen molar-refractivity contribution in [2.75, 3.05) is 23.8 Å². The van der Waals surface area contributed by atoms with Crippen molar-refractivity contribution in [2.45, 2.75) is 49.5 Å². The maximum Gasteiger partial charge on any atom is 0.345 e. The van der Waals surface area contributed by atoms with Gasteiger partial charge >= 0.3 is 6.61 Å². The summed E-state index contributed by atoms with van der Waals surface area (Å²) in [5.41, 5.74) is 1.60. The van der Waals surface area contributed by atoms with E-state index in [0.717, 1.165) is 0 Å². The van der Waals surface area contributed by atoms with Gasteiger partial charge in [0.2, 0.25) is 5.88 Å². The lowest BCUT2D eigenvalue weighted by molar-refractivity contribution is -0.131. The third kappa shape index (κ3) is 7.94. The third-order valence-electron chi connectivity index (χ3n) is 6.86. The Bertz CT molecular complexity index is 1500. The van der Waals surface area contributed by atoms with E-state index in [1.165, 1.54) is 18.3 Å². The molecule has 1 saturated heterocycles. The Hall–Kier alpha value is -3.79. The minimum absolute atomic E-state index is 0.0207. The normalized spacial score (nSPS) is 17.6. The second kappa shape index (κ2) is 13.9. The summed E-state index contributed by atoms with van der Waals surface area (Å²) in [7, 11) is -3.38. The molecule has 3 atom stereocenters. The number of halogens is 3. The topological polar surface area (TPSA) is 122 Å². The lowest BCUT2D eigenvalue weighted by Gasteiger charge is -2.26. The number of hydrogen-bond acceptors (Lipinski definition) is 8. The van der Waals surface area contributed by atoms with E-state index < -0.39 is 34.4 Å². The number of amides is 1. The van der Waals surface area contributed by atoms with Crippen LogP contribution in [0.3, 0.4) is 0 Å². The van der Waals surface area contributed by atoms with Crippen molar-refractivity contribution >= 4 is 33.0 Å². The number of pyridine rings is 1. The number of alkyl halides is 2. The second-order valence-corrected chi connectivity index (χ2v) is 12.3. The number of aromatic nitrogens is 1. The predicted octanol–water partition coefficient (Wildman–Crippen LogP) is 5.18. The first-order chi connectivity index (χ1) is 20.1. The van der Waals surface area contributed by atoms with Crippen molar-refractivity contribution in [1.29, 1.82) is 5.26 Å². The van der Waals surface area contributed by atoms with Crippen molar-refractivity contribution < 1.29 is 31.5 Å². The van der Waals surface area contributed by atoms with Gasteiger partial charge in [0.25, 0.3) is 5.91 Å². The molecule has 222 valence electrons. The number of nitrogens with zero attached hydrogens (tertiary/aromatic N) is 3. The zero-order chi connectivity index (χ0) is 30.3. The maximum atomic E-state index is 13.1. The average Bonchev–Trinajstić information content (AvgIpc) is 3.39. The first-order valence-corrected chi connectivity index (χ1v) is 15.2. The van der Waals surface area contributed by atoms with E-state index in [0.29, 0.717) is 40.7 Å². The van der Waals surface area contributed by atoms with Crippen LogP contribution in [0.15, 0.2) is 71.8 Å². The van der Waals surface area contributed by atoms with Crippen molar-refractivity contribution in [2.24, 2.45) is 0 Å². The van der Waals surface area contributed by atoms with Gasteiger partial charge in [0.15, 0.2) is 9.84 Å². The van der Waals surface area contributed by atoms with Gasteiger partial charge in [-0.3, -0.25) is 4.79 Å². The minimum Gasteiger partial charge on any atom is -0.472 e. The van der Waals surface area contributed by atoms with E-state index in [9.17, 15) is 27.3 Å². The second-order valence-electron chi connectivity index (χ2n) is 9.60. The fourth-order valence-corrected chi connectivity index (χ4v) is 5.68. The highest BCUT2D eigenvalue weighted by molar-refractivity contribution is 7.91. The number of rotatable bonds is 12. The fraction of sp³-hybridized carbons (Fsp3) is 0.345. The van der Waals surface area contributed by atoms with Gasteiger partial charge in [-0.15, -0.1) is 0 Å². The molecule has 13 heteroatoms. The highest BCUT2D eigenvalue weighted by atomic mass is 35.5. The molecular weight excluding hydrogens is 590 g/mol. The van der Waals surface area contributed by atoms with Crippen molar-refractivity contribution in [3.05, 3.63) is 83.0 Å². The zero-order valence-electron chi connectivity index (χ0n) is 22.6. The van der Waals surface area contributed by atoms with E-state index >= 15 is 0 Å². The van der Waals surface area contributed by atoms with Gasteiger partial charge < -0.3 is 19.7 Å². The number of sulfone groups is 1. The molecule has 2 aromatic carbocycles. The molecule has 4 rings (SSSR count). The highest BCUT2D eigenvalue weighted by Crippen LogP contribution is 2.29. The third-order valence-corrected chi connectivity index (χ3v) is 8.84. The number of anilines is 1. The van der Waals surface area contributed by atoms with Gasteiger partial charge in [0.1, 0.15) is 6.10 Å². The number of nitrogens with one attached hydrogen (secondary N) is 1. The summed E-state index contributed by atoms with van der Waals surface area (Å²) >= 11 is 5.88. The van der Waals surface area contributed by atoms with E-state index in [1.807, 2.05) is 11.0 Å². The van der Waals surface area contributed by atoms with Gasteiger partial charge in [-0.05, 0) is 48.0 Å². The molecule has 1 aliphatic heterocycles. The molecule has 0 unspecified atom stereocenters. The molecule has 0 saturated carbocycles. The number of nitriles is 1. The molecule has 42 heavy (non-hydrogen) atoms. The molecule has 1 aliphatic rings. The van der Waals surface area contributed by atoms with Crippen molar-refractivity contribution in [3.8, 4) is 11.9 Å². The molecule has 1 fully saturated rings. The molecule has 3 aromatic rings. The molecule has 1 amide bonds. The molecule has 0 spiro atoms. The largest absolute Gasteiger partial charge is 0.472 e. The molecular formula is C29H29ClF2N4O5S. The van der Waals surface area contributed by atoms with Crippen molar-refractivity contribution in [1.82, 2.24) is 10.3 Å². The summed E-state index contributed by atoms with van der Waals surface area (Å²) in [6.07, 6.45) is 1.50.